The highest BCUT2D eigenvalue weighted by Gasteiger charge is 2.06. The monoisotopic (exact) mass is 252 g/mol. The Labute approximate surface area is 106 Å². The SMILES string of the molecule is CCOC(=O)CSCCC(=O)c1ccccc1. The lowest BCUT2D eigenvalue weighted by Crippen LogP contribution is -2.08. The highest BCUT2D eigenvalue weighted by Crippen LogP contribution is 2.08. The Morgan fingerprint density at radius 2 is 1.94 bits per heavy atom. The van der Waals surface area contributed by atoms with Crippen LogP contribution in [0.1, 0.15) is 23.7 Å². The smallest absolute Gasteiger partial charge is 0.315 e. The van der Waals surface area contributed by atoms with Crippen LogP contribution in [0.2, 0.25) is 0 Å². The Morgan fingerprint density at radius 1 is 1.24 bits per heavy atom. The molecule has 0 aromatic heterocycles. The van der Waals surface area contributed by atoms with Gasteiger partial charge in [-0.25, -0.2) is 0 Å². The third-order valence-electron chi connectivity index (χ3n) is 2.09. The van der Waals surface area contributed by atoms with Crippen molar-refractivity contribution in [1.82, 2.24) is 0 Å². The van der Waals surface area contributed by atoms with E-state index in [2.05, 4.69) is 0 Å². The van der Waals surface area contributed by atoms with E-state index in [9.17, 15) is 9.59 Å². The lowest BCUT2D eigenvalue weighted by molar-refractivity contribution is -0.139. The summed E-state index contributed by atoms with van der Waals surface area (Å²) in [6.45, 7) is 2.18. The van der Waals surface area contributed by atoms with Crippen molar-refractivity contribution >= 4 is 23.5 Å². The summed E-state index contributed by atoms with van der Waals surface area (Å²) in [6.07, 6.45) is 0.452. The molecule has 0 atom stereocenters. The molecule has 0 saturated carbocycles. The lowest BCUT2D eigenvalue weighted by atomic mass is 10.1. The van der Waals surface area contributed by atoms with Gasteiger partial charge in [0.15, 0.2) is 5.78 Å². The first-order chi connectivity index (χ1) is 8.24. The molecular weight excluding hydrogens is 236 g/mol. The van der Waals surface area contributed by atoms with E-state index in [1.165, 1.54) is 11.8 Å². The lowest BCUT2D eigenvalue weighted by Gasteiger charge is -2.02. The van der Waals surface area contributed by atoms with E-state index in [1.807, 2.05) is 18.2 Å². The molecule has 1 rings (SSSR count). The summed E-state index contributed by atoms with van der Waals surface area (Å²) in [6, 6.07) is 9.18. The molecule has 0 bridgehead atoms. The number of hydrogen-bond donors (Lipinski definition) is 0. The maximum atomic E-state index is 11.7. The van der Waals surface area contributed by atoms with Crippen molar-refractivity contribution in [2.45, 2.75) is 13.3 Å². The fraction of sp³-hybridized carbons (Fsp3) is 0.385. The van der Waals surface area contributed by atoms with Crippen molar-refractivity contribution in [3.05, 3.63) is 35.9 Å². The number of carbonyl (C=O) groups excluding carboxylic acids is 2. The summed E-state index contributed by atoms with van der Waals surface area (Å²) in [4.78, 5) is 22.7. The highest BCUT2D eigenvalue weighted by atomic mass is 32.2. The van der Waals surface area contributed by atoms with E-state index >= 15 is 0 Å². The van der Waals surface area contributed by atoms with Gasteiger partial charge in [0.1, 0.15) is 0 Å². The van der Waals surface area contributed by atoms with E-state index in [0.717, 1.165) is 5.56 Å². The fourth-order valence-electron chi connectivity index (χ4n) is 1.29. The van der Waals surface area contributed by atoms with Gasteiger partial charge in [-0.3, -0.25) is 9.59 Å². The van der Waals surface area contributed by atoms with Crippen molar-refractivity contribution in [2.24, 2.45) is 0 Å². The second-order valence-electron chi connectivity index (χ2n) is 3.40. The number of hydrogen-bond acceptors (Lipinski definition) is 4. The second-order valence-corrected chi connectivity index (χ2v) is 4.50. The van der Waals surface area contributed by atoms with Gasteiger partial charge >= 0.3 is 5.97 Å². The molecule has 1 aromatic rings. The van der Waals surface area contributed by atoms with Gasteiger partial charge in [0.25, 0.3) is 0 Å². The third-order valence-corrected chi connectivity index (χ3v) is 3.03. The van der Waals surface area contributed by atoms with Crippen molar-refractivity contribution in [3.63, 3.8) is 0 Å². The van der Waals surface area contributed by atoms with E-state index in [4.69, 9.17) is 4.74 Å². The number of rotatable bonds is 7. The van der Waals surface area contributed by atoms with Gasteiger partial charge in [-0.15, -0.1) is 11.8 Å². The molecule has 4 heteroatoms. The highest BCUT2D eigenvalue weighted by molar-refractivity contribution is 7.99. The second kappa shape index (κ2) is 7.90. The van der Waals surface area contributed by atoms with Crippen LogP contribution in [0.15, 0.2) is 30.3 Å². The predicted octanol–water partition coefficient (Wildman–Crippen LogP) is 2.56. The minimum absolute atomic E-state index is 0.113. The molecule has 0 aliphatic rings. The van der Waals surface area contributed by atoms with Crippen molar-refractivity contribution < 1.29 is 14.3 Å². The largest absolute Gasteiger partial charge is 0.465 e. The Bertz CT molecular complexity index is 362. The quantitative estimate of drug-likeness (QED) is 0.425. The molecule has 0 spiro atoms. The average Bonchev–Trinajstić information content (AvgIpc) is 2.36. The van der Waals surface area contributed by atoms with E-state index in [-0.39, 0.29) is 11.8 Å². The van der Waals surface area contributed by atoms with Crippen LogP contribution in [-0.2, 0) is 9.53 Å². The van der Waals surface area contributed by atoms with Crippen LogP contribution < -0.4 is 0 Å². The molecule has 0 aliphatic heterocycles. The van der Waals surface area contributed by atoms with Gasteiger partial charge in [0, 0.05) is 17.7 Å². The minimum Gasteiger partial charge on any atom is -0.465 e. The van der Waals surface area contributed by atoms with Crippen molar-refractivity contribution in [3.8, 4) is 0 Å². The first-order valence-electron chi connectivity index (χ1n) is 5.55. The summed E-state index contributed by atoms with van der Waals surface area (Å²) in [5.74, 6) is 0.856. The molecule has 92 valence electrons. The molecule has 0 amide bonds. The number of carbonyl (C=O) groups is 2. The van der Waals surface area contributed by atoms with Crippen molar-refractivity contribution in [1.29, 1.82) is 0 Å². The molecule has 1 aromatic carbocycles. The summed E-state index contributed by atoms with van der Waals surface area (Å²) in [5, 5.41) is 0. The summed E-state index contributed by atoms with van der Waals surface area (Å²) in [7, 11) is 0. The Hall–Kier alpha value is -1.29. The number of ether oxygens (including phenoxy) is 1. The number of benzene rings is 1. The van der Waals surface area contributed by atoms with E-state index in [0.29, 0.717) is 24.5 Å². The molecule has 0 aliphatic carbocycles. The van der Waals surface area contributed by atoms with Crippen LogP contribution in [0.4, 0.5) is 0 Å². The zero-order chi connectivity index (χ0) is 12.5. The molecule has 0 heterocycles. The first-order valence-corrected chi connectivity index (χ1v) is 6.71. The van der Waals surface area contributed by atoms with Gasteiger partial charge in [0.2, 0.25) is 0 Å². The maximum Gasteiger partial charge on any atom is 0.315 e. The van der Waals surface area contributed by atoms with Crippen LogP contribution in [0, 0.1) is 0 Å². The average molecular weight is 252 g/mol. The van der Waals surface area contributed by atoms with Gasteiger partial charge in [-0.05, 0) is 6.92 Å². The molecule has 0 N–H and O–H groups in total. The normalized spacial score (nSPS) is 9.94. The summed E-state index contributed by atoms with van der Waals surface area (Å²) in [5.41, 5.74) is 0.726. The van der Waals surface area contributed by atoms with Crippen LogP contribution in [0.3, 0.4) is 0 Å². The zero-order valence-electron chi connectivity index (χ0n) is 9.85. The Morgan fingerprint density at radius 3 is 2.59 bits per heavy atom. The Balaban J connectivity index is 2.19. The Kier molecular flexibility index (Phi) is 6.40. The molecule has 0 saturated heterocycles. The van der Waals surface area contributed by atoms with E-state index in [1.54, 1.807) is 19.1 Å². The minimum atomic E-state index is -0.218. The zero-order valence-corrected chi connectivity index (χ0v) is 10.7. The summed E-state index contributed by atoms with van der Waals surface area (Å²) < 4.78 is 4.79. The van der Waals surface area contributed by atoms with Gasteiger partial charge in [0.05, 0.1) is 12.4 Å². The molecule has 0 radical (unpaired) electrons. The number of Topliss-reactive ketones (excluding diaryl/α,β-unsaturated/α-hetero) is 1. The van der Waals surface area contributed by atoms with Crippen LogP contribution >= 0.6 is 11.8 Å². The molecular formula is C13H16O3S. The number of thioether (sulfide) groups is 1. The summed E-state index contributed by atoms with van der Waals surface area (Å²) >= 11 is 1.43. The molecule has 0 unspecified atom stereocenters. The predicted molar refractivity (Wildman–Crippen MR) is 69.3 cm³/mol. The van der Waals surface area contributed by atoms with Crippen LogP contribution in [0.5, 0.6) is 0 Å². The molecule has 3 nitrogen and oxygen atoms in total. The number of ketones is 1. The standard InChI is InChI=1S/C13H16O3S/c1-2-16-13(15)10-17-9-8-12(14)11-6-4-3-5-7-11/h3-7H,2,8-10H2,1H3. The van der Waals surface area contributed by atoms with Crippen LogP contribution in [0.25, 0.3) is 0 Å². The maximum absolute atomic E-state index is 11.7. The van der Waals surface area contributed by atoms with Gasteiger partial charge in [-0.2, -0.15) is 0 Å². The van der Waals surface area contributed by atoms with E-state index < -0.39 is 0 Å². The van der Waals surface area contributed by atoms with Crippen LogP contribution in [-0.4, -0.2) is 29.9 Å². The molecule has 0 fully saturated rings. The van der Waals surface area contributed by atoms with Gasteiger partial charge < -0.3 is 4.74 Å². The first kappa shape index (κ1) is 13.8. The third kappa shape index (κ3) is 5.54. The number of esters is 1. The van der Waals surface area contributed by atoms with Gasteiger partial charge in [-0.1, -0.05) is 30.3 Å². The fourth-order valence-corrected chi connectivity index (χ4v) is 2.02. The van der Waals surface area contributed by atoms with Crippen molar-refractivity contribution in [2.75, 3.05) is 18.1 Å². The topological polar surface area (TPSA) is 43.4 Å². The molecule has 17 heavy (non-hydrogen) atoms.